The van der Waals surface area contributed by atoms with Gasteiger partial charge in [0.15, 0.2) is 18.0 Å². The molecular weight excluding hydrogens is 494 g/mol. The fourth-order valence-electron chi connectivity index (χ4n) is 3.91. The van der Waals surface area contributed by atoms with Gasteiger partial charge in [0.1, 0.15) is 36.8 Å². The summed E-state index contributed by atoms with van der Waals surface area (Å²) in [7, 11) is 0. The van der Waals surface area contributed by atoms with E-state index in [1.54, 1.807) is 12.1 Å². The number of esters is 1. The van der Waals surface area contributed by atoms with Crippen LogP contribution < -0.4 is 4.74 Å². The van der Waals surface area contributed by atoms with E-state index in [0.29, 0.717) is 5.56 Å². The molecule has 0 saturated carbocycles. The molecule has 2 fully saturated rings. The van der Waals surface area contributed by atoms with Crippen LogP contribution >= 0.6 is 0 Å². The molecule has 13 heteroatoms. The van der Waals surface area contributed by atoms with Crippen LogP contribution in [-0.4, -0.2) is 110 Å². The summed E-state index contributed by atoms with van der Waals surface area (Å²) in [6.07, 6.45) is -7.69. The van der Waals surface area contributed by atoms with E-state index in [1.807, 2.05) is 0 Å². The van der Waals surface area contributed by atoms with Crippen LogP contribution in [0.2, 0.25) is 0 Å². The fourth-order valence-corrected chi connectivity index (χ4v) is 3.91. The van der Waals surface area contributed by atoms with Gasteiger partial charge >= 0.3 is 5.97 Å². The minimum atomic E-state index is -2.04. The van der Waals surface area contributed by atoms with Crippen molar-refractivity contribution >= 4 is 5.97 Å². The van der Waals surface area contributed by atoms with Crippen LogP contribution in [-0.2, 0) is 25.6 Å². The molecule has 3 heterocycles. The fraction of sp³-hybridized carbons (Fsp3) is 0.500. The molecule has 0 radical (unpaired) electrons. The van der Waals surface area contributed by atoms with Gasteiger partial charge in [-0.25, -0.2) is 4.79 Å². The Morgan fingerprint density at radius 1 is 1.08 bits per heavy atom. The van der Waals surface area contributed by atoms with E-state index in [0.717, 1.165) is 0 Å². The van der Waals surface area contributed by atoms with Gasteiger partial charge in [0.25, 0.3) is 0 Å². The number of aliphatic hydroxyl groups excluding tert-OH is 5. The minimum Gasteiger partial charge on any atom is -0.462 e. The highest BCUT2D eigenvalue weighted by atomic mass is 16.8. The maximum atomic E-state index is 12.2. The first-order valence-electron chi connectivity index (χ1n) is 11.5. The molecule has 2 aromatic rings. The van der Waals surface area contributed by atoms with Crippen molar-refractivity contribution in [2.75, 3.05) is 19.8 Å². The molecule has 0 amide bonds. The highest BCUT2D eigenvalue weighted by Gasteiger charge is 2.54. The quantitative estimate of drug-likeness (QED) is 0.199. The van der Waals surface area contributed by atoms with Gasteiger partial charge in [0.05, 0.1) is 25.4 Å². The monoisotopic (exact) mass is 523 g/mol. The zero-order chi connectivity index (χ0) is 26.6. The average Bonchev–Trinajstić information content (AvgIpc) is 3.21. The maximum absolute atomic E-state index is 12.2. The molecule has 1 aromatic carbocycles. The van der Waals surface area contributed by atoms with Crippen LogP contribution in [0.25, 0.3) is 0 Å². The number of aromatic nitrogens is 1. The zero-order valence-corrected chi connectivity index (χ0v) is 19.6. The summed E-state index contributed by atoms with van der Waals surface area (Å²) in [6, 6.07) is 9.27. The summed E-state index contributed by atoms with van der Waals surface area (Å²) in [5.41, 5.74) is -1.26. The Hall–Kier alpha value is -2.72. The van der Waals surface area contributed by atoms with Crippen LogP contribution in [0, 0.1) is 0 Å². The Balaban J connectivity index is 1.44. The third kappa shape index (κ3) is 6.06. The van der Waals surface area contributed by atoms with Crippen LogP contribution in [0.15, 0.2) is 48.8 Å². The highest BCUT2D eigenvalue weighted by Crippen LogP contribution is 2.32. The van der Waals surface area contributed by atoms with Gasteiger partial charge in [-0.2, -0.15) is 0 Å². The van der Waals surface area contributed by atoms with Crippen LogP contribution in [0.4, 0.5) is 0 Å². The molecule has 0 spiro atoms. The lowest BCUT2D eigenvalue weighted by molar-refractivity contribution is -0.318. The van der Waals surface area contributed by atoms with Gasteiger partial charge < -0.3 is 54.3 Å². The molecule has 13 nitrogen and oxygen atoms in total. The van der Waals surface area contributed by atoms with Gasteiger partial charge in [-0.15, -0.1) is 0 Å². The lowest BCUT2D eigenvalue weighted by Crippen LogP contribution is -2.62. The first-order valence-corrected chi connectivity index (χ1v) is 11.5. The number of pyridine rings is 1. The van der Waals surface area contributed by atoms with E-state index in [-0.39, 0.29) is 17.9 Å². The number of carbonyl (C=O) groups excluding carboxylic acids is 1. The standard InChI is InChI=1S/C24H29NO12/c26-9-13-3-5-15(6-4-13)35-22-19(18(29)17(28)16(10-27)36-22)37-23-20(30)24(32,12-34-23)11-33-21(31)14-2-1-7-25-8-14/h1-8,16-20,22-23,26-30,32H,9-12H2/t16-,17+,18-,19+,20+,22-,23-,24+/m0/s1. The smallest absolute Gasteiger partial charge is 0.339 e. The number of carbonyl (C=O) groups is 1. The maximum Gasteiger partial charge on any atom is 0.339 e. The molecule has 2 aliphatic rings. The van der Waals surface area contributed by atoms with Crippen LogP contribution in [0.5, 0.6) is 5.75 Å². The average molecular weight is 523 g/mol. The minimum absolute atomic E-state index is 0.147. The van der Waals surface area contributed by atoms with Crippen LogP contribution in [0.1, 0.15) is 15.9 Å². The zero-order valence-electron chi connectivity index (χ0n) is 19.6. The predicted molar refractivity (Wildman–Crippen MR) is 121 cm³/mol. The van der Waals surface area contributed by atoms with E-state index in [9.17, 15) is 35.4 Å². The Morgan fingerprint density at radius 2 is 1.84 bits per heavy atom. The van der Waals surface area contributed by atoms with Crippen molar-refractivity contribution in [3.63, 3.8) is 0 Å². The molecule has 1 aromatic heterocycles. The van der Waals surface area contributed by atoms with Gasteiger partial charge in [-0.1, -0.05) is 12.1 Å². The lowest BCUT2D eigenvalue weighted by atomic mass is 9.98. The second-order valence-electron chi connectivity index (χ2n) is 8.77. The number of nitrogens with zero attached hydrogens (tertiary/aromatic N) is 1. The molecule has 8 atom stereocenters. The molecule has 4 rings (SSSR count). The van der Waals surface area contributed by atoms with E-state index in [1.165, 1.54) is 36.7 Å². The number of benzene rings is 1. The molecule has 37 heavy (non-hydrogen) atoms. The van der Waals surface area contributed by atoms with Gasteiger partial charge in [0, 0.05) is 12.4 Å². The molecule has 2 saturated heterocycles. The number of hydrogen-bond donors (Lipinski definition) is 6. The number of ether oxygens (including phenoxy) is 5. The van der Waals surface area contributed by atoms with E-state index >= 15 is 0 Å². The van der Waals surface area contributed by atoms with Crippen molar-refractivity contribution in [3.8, 4) is 5.75 Å². The first-order chi connectivity index (χ1) is 17.8. The summed E-state index contributed by atoms with van der Waals surface area (Å²) in [6.45, 7) is -1.91. The predicted octanol–water partition coefficient (Wildman–Crippen LogP) is -1.92. The highest BCUT2D eigenvalue weighted by molar-refractivity contribution is 5.88. The van der Waals surface area contributed by atoms with Gasteiger partial charge in [-0.05, 0) is 29.8 Å². The SMILES string of the molecule is O=C(OC[C@@]1(O)CO[C@@H](O[C@H]2[C@@H](Oc3ccc(CO)cc3)O[C@@H](CO)[C@@H](O)[C@@H]2O)[C@H]1O)c1cccnc1. The molecule has 0 aliphatic carbocycles. The lowest BCUT2D eigenvalue weighted by Gasteiger charge is -2.42. The van der Waals surface area contributed by atoms with Crippen molar-refractivity contribution in [2.45, 2.75) is 55.3 Å². The van der Waals surface area contributed by atoms with Crippen molar-refractivity contribution in [1.82, 2.24) is 4.98 Å². The summed E-state index contributed by atoms with van der Waals surface area (Å²) in [5.74, 6) is -0.504. The number of aliphatic hydroxyl groups is 6. The van der Waals surface area contributed by atoms with E-state index in [2.05, 4.69) is 4.98 Å². The van der Waals surface area contributed by atoms with Gasteiger partial charge in [-0.3, -0.25) is 4.98 Å². The summed E-state index contributed by atoms with van der Waals surface area (Å²) in [4.78, 5) is 16.0. The second kappa shape index (κ2) is 11.8. The molecule has 2 aliphatic heterocycles. The second-order valence-corrected chi connectivity index (χ2v) is 8.77. The van der Waals surface area contributed by atoms with Crippen molar-refractivity contribution in [2.24, 2.45) is 0 Å². The Morgan fingerprint density at radius 3 is 2.49 bits per heavy atom. The largest absolute Gasteiger partial charge is 0.462 e. The third-order valence-corrected chi connectivity index (χ3v) is 6.13. The first kappa shape index (κ1) is 27.3. The number of hydrogen-bond acceptors (Lipinski definition) is 13. The summed E-state index contributed by atoms with van der Waals surface area (Å²) in [5, 5.41) is 61.3. The topological polar surface area (TPSA) is 197 Å². The van der Waals surface area contributed by atoms with E-state index < -0.39 is 74.5 Å². The summed E-state index contributed by atoms with van der Waals surface area (Å²) >= 11 is 0. The molecule has 0 unspecified atom stereocenters. The molecular formula is C24H29NO12. The molecule has 0 bridgehead atoms. The Kier molecular flexibility index (Phi) is 8.69. The Labute approximate surface area is 211 Å². The van der Waals surface area contributed by atoms with Crippen molar-refractivity contribution in [3.05, 3.63) is 59.9 Å². The Bertz CT molecular complexity index is 1020. The normalized spacial score (nSPS) is 33.7. The van der Waals surface area contributed by atoms with E-state index in [4.69, 9.17) is 23.7 Å². The van der Waals surface area contributed by atoms with Crippen molar-refractivity contribution < 1.29 is 59.1 Å². The summed E-state index contributed by atoms with van der Waals surface area (Å²) < 4.78 is 27.5. The molecule has 202 valence electrons. The molecule has 6 N–H and O–H groups in total. The van der Waals surface area contributed by atoms with Crippen molar-refractivity contribution in [1.29, 1.82) is 0 Å². The third-order valence-electron chi connectivity index (χ3n) is 6.13. The van der Waals surface area contributed by atoms with Crippen LogP contribution in [0.3, 0.4) is 0 Å². The van der Waals surface area contributed by atoms with Gasteiger partial charge in [0.2, 0.25) is 6.29 Å². The number of rotatable bonds is 9.